The Hall–Kier alpha value is -0.910. The first-order valence-electron chi connectivity index (χ1n) is 4.06. The molecular formula is C10H7FINO. The number of ketones is 1. The molecule has 72 valence electrons. The molecule has 1 N–H and O–H groups in total. The second-order valence-corrected chi connectivity index (χ2v) is 4.25. The zero-order valence-corrected chi connectivity index (χ0v) is 9.55. The van der Waals surface area contributed by atoms with Crippen LogP contribution in [0.2, 0.25) is 0 Å². The van der Waals surface area contributed by atoms with Gasteiger partial charge in [-0.1, -0.05) is 0 Å². The van der Waals surface area contributed by atoms with Gasteiger partial charge in [-0.25, -0.2) is 4.39 Å². The lowest BCUT2D eigenvalue weighted by Gasteiger charge is -1.93. The van der Waals surface area contributed by atoms with Crippen molar-refractivity contribution in [2.45, 2.75) is 6.92 Å². The normalized spacial score (nSPS) is 10.8. The largest absolute Gasteiger partial charge is 0.352 e. The highest BCUT2D eigenvalue weighted by Crippen LogP contribution is 2.21. The molecule has 0 spiro atoms. The third kappa shape index (κ3) is 1.54. The predicted octanol–water partition coefficient (Wildman–Crippen LogP) is 3.11. The monoisotopic (exact) mass is 303 g/mol. The molecule has 2 nitrogen and oxygen atoms in total. The summed E-state index contributed by atoms with van der Waals surface area (Å²) in [6.07, 6.45) is 0. The van der Waals surface area contributed by atoms with E-state index in [4.69, 9.17) is 0 Å². The summed E-state index contributed by atoms with van der Waals surface area (Å²) in [7, 11) is 0. The summed E-state index contributed by atoms with van der Waals surface area (Å²) in [4.78, 5) is 13.9. The van der Waals surface area contributed by atoms with Gasteiger partial charge in [0, 0.05) is 21.4 Å². The zero-order valence-electron chi connectivity index (χ0n) is 7.40. The molecule has 0 unspecified atom stereocenters. The van der Waals surface area contributed by atoms with Crippen molar-refractivity contribution >= 4 is 39.3 Å². The third-order valence-corrected chi connectivity index (χ3v) is 2.87. The van der Waals surface area contributed by atoms with Crippen LogP contribution in [0.5, 0.6) is 0 Å². The number of halogens is 2. The summed E-state index contributed by atoms with van der Waals surface area (Å²) in [6, 6.07) is 4.86. The predicted molar refractivity (Wildman–Crippen MR) is 61.0 cm³/mol. The number of rotatable bonds is 1. The Morgan fingerprint density at radius 3 is 2.79 bits per heavy atom. The van der Waals surface area contributed by atoms with E-state index >= 15 is 0 Å². The van der Waals surface area contributed by atoms with E-state index in [1.54, 1.807) is 12.1 Å². The fourth-order valence-electron chi connectivity index (χ4n) is 1.32. The van der Waals surface area contributed by atoms with Crippen LogP contribution in [0.25, 0.3) is 10.9 Å². The number of carbonyl (C=O) groups is 1. The molecule has 1 aromatic carbocycles. The molecule has 0 bridgehead atoms. The van der Waals surface area contributed by atoms with E-state index in [0.717, 1.165) is 5.39 Å². The summed E-state index contributed by atoms with van der Waals surface area (Å²) < 4.78 is 13.7. The van der Waals surface area contributed by atoms with Crippen molar-refractivity contribution < 1.29 is 9.18 Å². The lowest BCUT2D eigenvalue weighted by Crippen LogP contribution is -1.89. The Morgan fingerprint density at radius 2 is 2.14 bits per heavy atom. The number of hydrogen-bond donors (Lipinski definition) is 1. The number of aromatic nitrogens is 1. The van der Waals surface area contributed by atoms with E-state index in [1.807, 2.05) is 22.6 Å². The summed E-state index contributed by atoms with van der Waals surface area (Å²) in [5.74, 6) is -0.313. The van der Waals surface area contributed by atoms with Crippen LogP contribution in [0, 0.1) is 9.39 Å². The van der Waals surface area contributed by atoms with Crippen molar-refractivity contribution in [1.82, 2.24) is 4.98 Å². The minimum Gasteiger partial charge on any atom is -0.352 e. The van der Waals surface area contributed by atoms with E-state index in [2.05, 4.69) is 4.98 Å². The maximum atomic E-state index is 13.1. The maximum Gasteiger partial charge on any atom is 0.175 e. The fraction of sp³-hybridized carbons (Fsp3) is 0.100. The minimum atomic E-state index is -0.268. The standard InChI is InChI=1S/C10H7FINO/c1-5(14)9-3-6-2-8(12)7(11)4-10(6)13-9/h2-4,13H,1H3. The first kappa shape index (κ1) is 9.64. The molecule has 2 rings (SSSR count). The van der Waals surface area contributed by atoms with Crippen LogP contribution < -0.4 is 0 Å². The SMILES string of the molecule is CC(=O)c1cc2cc(I)c(F)cc2[nH]1. The molecule has 0 saturated carbocycles. The maximum absolute atomic E-state index is 13.1. The Morgan fingerprint density at radius 1 is 1.43 bits per heavy atom. The number of nitrogens with one attached hydrogen (secondary N) is 1. The number of fused-ring (bicyclic) bond motifs is 1. The Bertz CT molecular complexity index is 479. The van der Waals surface area contributed by atoms with E-state index < -0.39 is 0 Å². The molecule has 0 atom stereocenters. The van der Waals surface area contributed by atoms with E-state index in [0.29, 0.717) is 14.8 Å². The first-order chi connectivity index (χ1) is 6.58. The molecule has 0 saturated heterocycles. The van der Waals surface area contributed by atoms with Gasteiger partial charge in [-0.05, 0) is 40.8 Å². The fourth-order valence-corrected chi connectivity index (χ4v) is 1.81. The number of Topliss-reactive ketones (excluding diaryl/α,β-unsaturated/α-hetero) is 1. The van der Waals surface area contributed by atoms with Gasteiger partial charge >= 0.3 is 0 Å². The Labute approximate surface area is 93.6 Å². The highest BCUT2D eigenvalue weighted by atomic mass is 127. The second kappa shape index (κ2) is 3.34. The molecule has 0 aliphatic rings. The molecule has 0 aliphatic carbocycles. The first-order valence-corrected chi connectivity index (χ1v) is 5.14. The molecule has 0 fully saturated rings. The minimum absolute atomic E-state index is 0.0448. The Balaban J connectivity index is 2.72. The highest BCUT2D eigenvalue weighted by Gasteiger charge is 2.07. The molecule has 1 heterocycles. The number of aromatic amines is 1. The van der Waals surface area contributed by atoms with Crippen LogP contribution in [0.15, 0.2) is 18.2 Å². The van der Waals surface area contributed by atoms with Crippen molar-refractivity contribution in [3.8, 4) is 0 Å². The van der Waals surface area contributed by atoms with Crippen LogP contribution in [-0.2, 0) is 0 Å². The molecule has 4 heteroatoms. The average molecular weight is 303 g/mol. The zero-order chi connectivity index (χ0) is 10.3. The van der Waals surface area contributed by atoms with Gasteiger partial charge in [0.1, 0.15) is 5.82 Å². The molecule has 0 radical (unpaired) electrons. The summed E-state index contributed by atoms with van der Waals surface area (Å²) in [5.41, 5.74) is 1.18. The van der Waals surface area contributed by atoms with Crippen molar-refractivity contribution in [3.63, 3.8) is 0 Å². The van der Waals surface area contributed by atoms with Crippen LogP contribution in [0.4, 0.5) is 4.39 Å². The summed E-state index contributed by atoms with van der Waals surface area (Å²) in [5, 5.41) is 0.862. The van der Waals surface area contributed by atoms with Gasteiger partial charge < -0.3 is 4.98 Å². The molecular weight excluding hydrogens is 296 g/mol. The average Bonchev–Trinajstić information content (AvgIpc) is 2.48. The van der Waals surface area contributed by atoms with Gasteiger partial charge in [-0.3, -0.25) is 4.79 Å². The van der Waals surface area contributed by atoms with Gasteiger partial charge in [0.25, 0.3) is 0 Å². The van der Waals surface area contributed by atoms with Gasteiger partial charge in [0.05, 0.1) is 5.69 Å². The molecule has 0 amide bonds. The van der Waals surface area contributed by atoms with E-state index in [1.165, 1.54) is 13.0 Å². The van der Waals surface area contributed by atoms with Gasteiger partial charge in [-0.15, -0.1) is 0 Å². The number of benzene rings is 1. The number of hydrogen-bond acceptors (Lipinski definition) is 1. The quantitative estimate of drug-likeness (QED) is 0.637. The van der Waals surface area contributed by atoms with E-state index in [9.17, 15) is 9.18 Å². The van der Waals surface area contributed by atoms with E-state index in [-0.39, 0.29) is 11.6 Å². The lowest BCUT2D eigenvalue weighted by molar-refractivity contribution is 0.101. The molecule has 0 aliphatic heterocycles. The van der Waals surface area contributed by atoms with Crippen molar-refractivity contribution in [2.24, 2.45) is 0 Å². The topological polar surface area (TPSA) is 32.9 Å². The number of carbonyl (C=O) groups excluding carboxylic acids is 1. The van der Waals surface area contributed by atoms with Crippen molar-refractivity contribution in [1.29, 1.82) is 0 Å². The van der Waals surface area contributed by atoms with Crippen LogP contribution in [0.3, 0.4) is 0 Å². The smallest absolute Gasteiger partial charge is 0.175 e. The highest BCUT2D eigenvalue weighted by molar-refractivity contribution is 14.1. The summed E-state index contributed by atoms with van der Waals surface area (Å²) in [6.45, 7) is 1.48. The van der Waals surface area contributed by atoms with Gasteiger partial charge in [-0.2, -0.15) is 0 Å². The van der Waals surface area contributed by atoms with Crippen LogP contribution in [-0.4, -0.2) is 10.8 Å². The van der Waals surface area contributed by atoms with Crippen molar-refractivity contribution in [3.05, 3.63) is 33.3 Å². The van der Waals surface area contributed by atoms with Crippen LogP contribution in [0.1, 0.15) is 17.4 Å². The number of H-pyrrole nitrogens is 1. The van der Waals surface area contributed by atoms with Crippen LogP contribution >= 0.6 is 22.6 Å². The van der Waals surface area contributed by atoms with Crippen molar-refractivity contribution in [2.75, 3.05) is 0 Å². The molecule has 2 aromatic rings. The molecule has 1 aromatic heterocycles. The third-order valence-electron chi connectivity index (χ3n) is 2.04. The van der Waals surface area contributed by atoms with Gasteiger partial charge in [0.2, 0.25) is 0 Å². The van der Waals surface area contributed by atoms with Gasteiger partial charge in [0.15, 0.2) is 5.78 Å². The lowest BCUT2D eigenvalue weighted by atomic mass is 10.2. The molecule has 14 heavy (non-hydrogen) atoms. The second-order valence-electron chi connectivity index (χ2n) is 3.09. The Kier molecular flexibility index (Phi) is 2.30. The summed E-state index contributed by atoms with van der Waals surface area (Å²) >= 11 is 1.93.